The molecule has 0 bridgehead atoms. The summed E-state index contributed by atoms with van der Waals surface area (Å²) < 4.78 is 0. The summed E-state index contributed by atoms with van der Waals surface area (Å²) in [5.74, 6) is 0.0978. The van der Waals surface area contributed by atoms with Crippen LogP contribution in [0.2, 0.25) is 5.15 Å². The van der Waals surface area contributed by atoms with Gasteiger partial charge < -0.3 is 5.32 Å². The molecule has 2 heterocycles. The van der Waals surface area contributed by atoms with E-state index in [1.807, 2.05) is 13.0 Å². The van der Waals surface area contributed by atoms with Crippen LogP contribution in [0.25, 0.3) is 0 Å². The van der Waals surface area contributed by atoms with Gasteiger partial charge in [0.1, 0.15) is 0 Å². The summed E-state index contributed by atoms with van der Waals surface area (Å²) in [4.78, 5) is 13.8. The van der Waals surface area contributed by atoms with Gasteiger partial charge in [-0.1, -0.05) is 18.5 Å². The van der Waals surface area contributed by atoms with Crippen molar-refractivity contribution in [1.82, 2.24) is 20.4 Å². The molecule has 0 aromatic carbocycles. The maximum atomic E-state index is 11.7. The Hall–Kier alpha value is -1.20. The van der Waals surface area contributed by atoms with Crippen LogP contribution in [0.15, 0.2) is 12.1 Å². The monoisotopic (exact) mass is 254 g/mol. The molecular weight excluding hydrogens is 240 g/mol. The maximum absolute atomic E-state index is 11.7. The highest BCUT2D eigenvalue weighted by atomic mass is 35.5. The van der Waals surface area contributed by atoms with Crippen LogP contribution in [-0.2, 0) is 11.3 Å². The molecule has 5 nitrogen and oxygen atoms in total. The summed E-state index contributed by atoms with van der Waals surface area (Å²) in [6.07, 6.45) is 0.798. The minimum atomic E-state index is -0.0683. The lowest BCUT2D eigenvalue weighted by Gasteiger charge is -2.33. The van der Waals surface area contributed by atoms with E-state index in [2.05, 4.69) is 20.4 Å². The average molecular weight is 255 g/mol. The van der Waals surface area contributed by atoms with E-state index in [1.165, 1.54) is 0 Å². The molecule has 0 radical (unpaired) electrons. The van der Waals surface area contributed by atoms with Gasteiger partial charge in [-0.25, -0.2) is 0 Å². The summed E-state index contributed by atoms with van der Waals surface area (Å²) in [5, 5.41) is 11.1. The molecule has 1 aromatic rings. The number of piperazine rings is 1. The second-order valence-electron chi connectivity index (χ2n) is 4.03. The third-order valence-corrected chi connectivity index (χ3v) is 3.08. The molecule has 1 aliphatic heterocycles. The second kappa shape index (κ2) is 5.42. The molecule has 1 aliphatic rings. The Balaban J connectivity index is 2.06. The minimum Gasteiger partial charge on any atom is -0.353 e. The fraction of sp³-hybridized carbons (Fsp3) is 0.545. The number of hydrogen-bond acceptors (Lipinski definition) is 4. The van der Waals surface area contributed by atoms with E-state index in [9.17, 15) is 4.79 Å². The highest BCUT2D eigenvalue weighted by Crippen LogP contribution is 2.12. The summed E-state index contributed by atoms with van der Waals surface area (Å²) in [6, 6.07) is 3.49. The Bertz CT molecular complexity index is 395. The van der Waals surface area contributed by atoms with E-state index in [1.54, 1.807) is 6.07 Å². The zero-order chi connectivity index (χ0) is 12.3. The van der Waals surface area contributed by atoms with Crippen LogP contribution < -0.4 is 5.32 Å². The van der Waals surface area contributed by atoms with Crippen molar-refractivity contribution in [3.63, 3.8) is 0 Å². The van der Waals surface area contributed by atoms with Crippen molar-refractivity contribution in [3.8, 4) is 0 Å². The molecule has 92 valence electrons. The first kappa shape index (κ1) is 12.3. The standard InChI is InChI=1S/C11H15ClN4O/c1-2-9-11(17)13-5-6-16(9)7-8-3-4-10(12)15-14-8/h3-4,9H,2,5-7H2,1H3,(H,13,17)/t9-/m1/s1. The van der Waals surface area contributed by atoms with Crippen molar-refractivity contribution in [2.75, 3.05) is 13.1 Å². The molecule has 0 aliphatic carbocycles. The molecule has 1 N–H and O–H groups in total. The first-order valence-electron chi connectivity index (χ1n) is 5.70. The molecule has 1 aromatic heterocycles. The van der Waals surface area contributed by atoms with Crippen LogP contribution in [-0.4, -0.2) is 40.1 Å². The van der Waals surface area contributed by atoms with Gasteiger partial charge >= 0.3 is 0 Å². The Morgan fingerprint density at radius 1 is 1.53 bits per heavy atom. The van der Waals surface area contributed by atoms with Crippen molar-refractivity contribution >= 4 is 17.5 Å². The van der Waals surface area contributed by atoms with Crippen LogP contribution in [0.5, 0.6) is 0 Å². The predicted molar refractivity (Wildman–Crippen MR) is 64.5 cm³/mol. The highest BCUT2D eigenvalue weighted by molar-refractivity contribution is 6.29. The summed E-state index contributed by atoms with van der Waals surface area (Å²) in [5.41, 5.74) is 0.836. The number of carbonyl (C=O) groups excluding carboxylic acids is 1. The number of halogens is 1. The van der Waals surface area contributed by atoms with Crippen LogP contribution in [0, 0.1) is 0 Å². The number of hydrogen-bond donors (Lipinski definition) is 1. The number of rotatable bonds is 3. The first-order chi connectivity index (χ1) is 8.20. The van der Waals surface area contributed by atoms with Gasteiger partial charge in [-0.15, -0.1) is 5.10 Å². The van der Waals surface area contributed by atoms with Crippen molar-refractivity contribution in [3.05, 3.63) is 23.0 Å². The fourth-order valence-corrected chi connectivity index (χ4v) is 2.13. The van der Waals surface area contributed by atoms with Gasteiger partial charge in [-0.3, -0.25) is 9.69 Å². The van der Waals surface area contributed by atoms with Gasteiger partial charge in [-0.2, -0.15) is 5.10 Å². The van der Waals surface area contributed by atoms with Gasteiger partial charge in [0.05, 0.1) is 11.7 Å². The fourth-order valence-electron chi connectivity index (χ4n) is 2.03. The second-order valence-corrected chi connectivity index (χ2v) is 4.42. The number of nitrogens with zero attached hydrogens (tertiary/aromatic N) is 3. The number of nitrogens with one attached hydrogen (secondary N) is 1. The average Bonchev–Trinajstić information content (AvgIpc) is 2.32. The largest absolute Gasteiger partial charge is 0.353 e. The van der Waals surface area contributed by atoms with Crippen molar-refractivity contribution in [1.29, 1.82) is 0 Å². The molecule has 1 fully saturated rings. The van der Waals surface area contributed by atoms with Gasteiger partial charge in [-0.05, 0) is 18.6 Å². The van der Waals surface area contributed by atoms with E-state index >= 15 is 0 Å². The molecule has 1 atom stereocenters. The number of amides is 1. The minimum absolute atomic E-state index is 0.0683. The molecule has 1 amide bonds. The van der Waals surface area contributed by atoms with Crippen LogP contribution in [0.3, 0.4) is 0 Å². The lowest BCUT2D eigenvalue weighted by atomic mass is 10.1. The first-order valence-corrected chi connectivity index (χ1v) is 6.08. The lowest BCUT2D eigenvalue weighted by molar-refractivity contribution is -0.129. The van der Waals surface area contributed by atoms with E-state index in [0.29, 0.717) is 18.2 Å². The molecule has 2 rings (SSSR count). The maximum Gasteiger partial charge on any atom is 0.237 e. The Morgan fingerprint density at radius 3 is 3.00 bits per heavy atom. The third kappa shape index (κ3) is 2.92. The number of aromatic nitrogens is 2. The van der Waals surface area contributed by atoms with E-state index in [4.69, 9.17) is 11.6 Å². The normalized spacial score (nSPS) is 21.3. The van der Waals surface area contributed by atoms with E-state index in [-0.39, 0.29) is 11.9 Å². The topological polar surface area (TPSA) is 58.1 Å². The smallest absolute Gasteiger partial charge is 0.237 e. The quantitative estimate of drug-likeness (QED) is 0.869. The lowest BCUT2D eigenvalue weighted by Crippen LogP contribution is -2.54. The van der Waals surface area contributed by atoms with Gasteiger partial charge in [0.2, 0.25) is 5.91 Å². The summed E-state index contributed by atoms with van der Waals surface area (Å²) >= 11 is 5.68. The molecular formula is C11H15ClN4O. The zero-order valence-corrected chi connectivity index (χ0v) is 10.4. The molecule has 0 spiro atoms. The Morgan fingerprint density at radius 2 is 2.35 bits per heavy atom. The molecule has 0 unspecified atom stereocenters. The predicted octanol–water partition coefficient (Wildman–Crippen LogP) is 0.840. The Labute approximate surface area is 105 Å². The van der Waals surface area contributed by atoms with Crippen LogP contribution in [0.1, 0.15) is 19.0 Å². The van der Waals surface area contributed by atoms with Gasteiger partial charge in [0.15, 0.2) is 5.15 Å². The van der Waals surface area contributed by atoms with E-state index < -0.39 is 0 Å². The molecule has 0 saturated carbocycles. The third-order valence-electron chi connectivity index (χ3n) is 2.88. The van der Waals surface area contributed by atoms with Crippen LogP contribution >= 0.6 is 11.6 Å². The molecule has 6 heteroatoms. The Kier molecular flexibility index (Phi) is 3.91. The molecule has 1 saturated heterocycles. The van der Waals surface area contributed by atoms with E-state index in [0.717, 1.165) is 18.7 Å². The highest BCUT2D eigenvalue weighted by Gasteiger charge is 2.28. The van der Waals surface area contributed by atoms with Crippen molar-refractivity contribution < 1.29 is 4.79 Å². The number of carbonyl (C=O) groups is 1. The summed E-state index contributed by atoms with van der Waals surface area (Å²) in [6.45, 7) is 4.18. The zero-order valence-electron chi connectivity index (χ0n) is 9.69. The van der Waals surface area contributed by atoms with Gasteiger partial charge in [0.25, 0.3) is 0 Å². The SMILES string of the molecule is CC[C@@H]1C(=O)NCCN1Cc1ccc(Cl)nn1. The summed E-state index contributed by atoms with van der Waals surface area (Å²) in [7, 11) is 0. The molecule has 17 heavy (non-hydrogen) atoms. The van der Waals surface area contributed by atoms with Crippen molar-refractivity contribution in [2.24, 2.45) is 0 Å². The van der Waals surface area contributed by atoms with Crippen LogP contribution in [0.4, 0.5) is 0 Å². The van der Waals surface area contributed by atoms with Gasteiger partial charge in [0, 0.05) is 19.6 Å². The van der Waals surface area contributed by atoms with Crippen molar-refractivity contribution in [2.45, 2.75) is 25.9 Å².